The van der Waals surface area contributed by atoms with E-state index in [4.69, 9.17) is 0 Å². The first kappa shape index (κ1) is 12.2. The van der Waals surface area contributed by atoms with Crippen LogP contribution in [0.15, 0.2) is 12.5 Å². The molecule has 2 aliphatic rings. The van der Waals surface area contributed by atoms with Crippen molar-refractivity contribution in [1.82, 2.24) is 19.8 Å². The lowest BCUT2D eigenvalue weighted by Gasteiger charge is -2.29. The molecule has 4 heteroatoms. The summed E-state index contributed by atoms with van der Waals surface area (Å²) in [4.78, 5) is 7.09. The van der Waals surface area contributed by atoms with E-state index >= 15 is 0 Å². The number of hydrogen-bond acceptors (Lipinski definition) is 3. The van der Waals surface area contributed by atoms with Gasteiger partial charge in [-0.3, -0.25) is 4.90 Å². The highest BCUT2D eigenvalue weighted by molar-refractivity contribution is 5.12. The molecule has 1 saturated carbocycles. The van der Waals surface area contributed by atoms with Crippen molar-refractivity contribution in [3.8, 4) is 0 Å². The fourth-order valence-electron chi connectivity index (χ4n) is 3.43. The van der Waals surface area contributed by atoms with Gasteiger partial charge < -0.3 is 9.88 Å². The van der Waals surface area contributed by atoms with E-state index in [1.165, 1.54) is 31.5 Å². The molecule has 1 saturated heterocycles. The summed E-state index contributed by atoms with van der Waals surface area (Å²) in [7, 11) is 2.06. The van der Waals surface area contributed by atoms with Crippen LogP contribution in [0.25, 0.3) is 0 Å². The largest absolute Gasteiger partial charge is 0.333 e. The molecular weight excluding hydrogens is 224 g/mol. The molecule has 2 unspecified atom stereocenters. The van der Waals surface area contributed by atoms with Gasteiger partial charge in [0.05, 0.1) is 18.1 Å². The van der Waals surface area contributed by atoms with Crippen LogP contribution in [0, 0.1) is 5.92 Å². The highest BCUT2D eigenvalue weighted by atomic mass is 15.3. The molecule has 0 aromatic carbocycles. The molecule has 2 heterocycles. The van der Waals surface area contributed by atoms with Gasteiger partial charge in [-0.15, -0.1) is 0 Å². The average Bonchev–Trinajstić information content (AvgIpc) is 2.98. The van der Waals surface area contributed by atoms with Crippen molar-refractivity contribution in [1.29, 1.82) is 0 Å². The van der Waals surface area contributed by atoms with Crippen molar-refractivity contribution in [2.45, 2.75) is 44.8 Å². The standard InChI is InChI=1S/C14H24N4/c1-3-17-10-16-9-13(17)14-11(8-15-2)6-7-18(14)12-4-5-12/h9-12,14-15H,3-8H2,1-2H3. The van der Waals surface area contributed by atoms with Crippen LogP contribution in [0.5, 0.6) is 0 Å². The van der Waals surface area contributed by atoms with E-state index in [1.54, 1.807) is 0 Å². The van der Waals surface area contributed by atoms with Gasteiger partial charge >= 0.3 is 0 Å². The number of imidazole rings is 1. The van der Waals surface area contributed by atoms with Crippen LogP contribution in [0.3, 0.4) is 0 Å². The topological polar surface area (TPSA) is 33.1 Å². The van der Waals surface area contributed by atoms with Crippen LogP contribution in [-0.2, 0) is 6.54 Å². The maximum atomic E-state index is 4.36. The van der Waals surface area contributed by atoms with E-state index in [9.17, 15) is 0 Å². The zero-order valence-electron chi connectivity index (χ0n) is 11.5. The van der Waals surface area contributed by atoms with Gasteiger partial charge in [-0.05, 0) is 52.2 Å². The normalized spacial score (nSPS) is 29.0. The molecule has 2 fully saturated rings. The lowest BCUT2D eigenvalue weighted by Crippen LogP contribution is -2.32. The minimum Gasteiger partial charge on any atom is -0.333 e. The zero-order chi connectivity index (χ0) is 12.5. The zero-order valence-corrected chi connectivity index (χ0v) is 11.5. The first-order valence-corrected chi connectivity index (χ1v) is 7.25. The summed E-state index contributed by atoms with van der Waals surface area (Å²) in [6.45, 7) is 5.60. The second kappa shape index (κ2) is 5.02. The predicted octanol–water partition coefficient (Wildman–Crippen LogP) is 1.65. The lowest BCUT2D eigenvalue weighted by molar-refractivity contribution is 0.208. The van der Waals surface area contributed by atoms with Crippen molar-refractivity contribution in [3.05, 3.63) is 18.2 Å². The summed E-state index contributed by atoms with van der Waals surface area (Å²) >= 11 is 0. The van der Waals surface area contributed by atoms with Crippen LogP contribution in [0.2, 0.25) is 0 Å². The molecule has 0 amide bonds. The lowest BCUT2D eigenvalue weighted by atomic mass is 9.97. The van der Waals surface area contributed by atoms with Crippen LogP contribution >= 0.6 is 0 Å². The quantitative estimate of drug-likeness (QED) is 0.860. The van der Waals surface area contributed by atoms with Crippen LogP contribution in [-0.4, -0.2) is 40.6 Å². The minimum atomic E-state index is 0.576. The maximum absolute atomic E-state index is 4.36. The minimum absolute atomic E-state index is 0.576. The van der Waals surface area contributed by atoms with Crippen LogP contribution in [0.4, 0.5) is 0 Å². The molecule has 1 aromatic rings. The average molecular weight is 248 g/mol. The van der Waals surface area contributed by atoms with Crippen molar-refractivity contribution in [2.24, 2.45) is 5.92 Å². The van der Waals surface area contributed by atoms with Gasteiger partial charge in [-0.2, -0.15) is 0 Å². The molecule has 3 rings (SSSR count). The van der Waals surface area contributed by atoms with Crippen molar-refractivity contribution >= 4 is 0 Å². The number of nitrogens with one attached hydrogen (secondary N) is 1. The Balaban J connectivity index is 1.87. The first-order chi connectivity index (χ1) is 8.85. The molecule has 1 aromatic heterocycles. The van der Waals surface area contributed by atoms with Gasteiger partial charge in [0.1, 0.15) is 0 Å². The second-order valence-electron chi connectivity index (χ2n) is 5.62. The molecule has 4 nitrogen and oxygen atoms in total. The van der Waals surface area contributed by atoms with E-state index < -0.39 is 0 Å². The summed E-state index contributed by atoms with van der Waals surface area (Å²) in [5.41, 5.74) is 1.42. The summed E-state index contributed by atoms with van der Waals surface area (Å²) in [6.07, 6.45) is 8.16. The van der Waals surface area contributed by atoms with E-state index in [0.29, 0.717) is 6.04 Å². The molecule has 1 N–H and O–H groups in total. The predicted molar refractivity (Wildman–Crippen MR) is 72.4 cm³/mol. The Morgan fingerprint density at radius 1 is 1.39 bits per heavy atom. The molecule has 1 aliphatic heterocycles. The van der Waals surface area contributed by atoms with Crippen molar-refractivity contribution in [2.75, 3.05) is 20.1 Å². The molecule has 1 aliphatic carbocycles. The van der Waals surface area contributed by atoms with Gasteiger partial charge in [0.2, 0.25) is 0 Å². The maximum Gasteiger partial charge on any atom is 0.0948 e. The number of rotatable bonds is 5. The molecule has 100 valence electrons. The van der Waals surface area contributed by atoms with E-state index in [0.717, 1.165) is 25.0 Å². The number of likely N-dealkylation sites (tertiary alicyclic amines) is 1. The van der Waals surface area contributed by atoms with E-state index in [1.807, 2.05) is 6.33 Å². The molecule has 0 bridgehead atoms. The number of nitrogens with zero attached hydrogens (tertiary/aromatic N) is 3. The van der Waals surface area contributed by atoms with Gasteiger partial charge in [0.15, 0.2) is 0 Å². The monoisotopic (exact) mass is 248 g/mol. The highest BCUT2D eigenvalue weighted by Gasteiger charge is 2.43. The Kier molecular flexibility index (Phi) is 3.39. The third kappa shape index (κ3) is 2.08. The van der Waals surface area contributed by atoms with Crippen molar-refractivity contribution < 1.29 is 0 Å². The van der Waals surface area contributed by atoms with Gasteiger partial charge in [-0.1, -0.05) is 0 Å². The fraction of sp³-hybridized carbons (Fsp3) is 0.786. The Bertz CT molecular complexity index is 396. The second-order valence-corrected chi connectivity index (χ2v) is 5.62. The fourth-order valence-corrected chi connectivity index (χ4v) is 3.43. The Labute approximate surface area is 109 Å². The Morgan fingerprint density at radius 3 is 2.89 bits per heavy atom. The van der Waals surface area contributed by atoms with Crippen molar-refractivity contribution in [3.63, 3.8) is 0 Å². The van der Waals surface area contributed by atoms with Gasteiger partial charge in [-0.25, -0.2) is 4.98 Å². The number of aryl methyl sites for hydroxylation is 1. The molecule has 0 spiro atoms. The summed E-state index contributed by atoms with van der Waals surface area (Å²) in [6, 6.07) is 1.42. The molecule has 2 atom stereocenters. The Morgan fingerprint density at radius 2 is 2.22 bits per heavy atom. The smallest absolute Gasteiger partial charge is 0.0948 e. The van der Waals surface area contributed by atoms with Gasteiger partial charge in [0, 0.05) is 18.8 Å². The number of hydrogen-bond donors (Lipinski definition) is 1. The van der Waals surface area contributed by atoms with E-state index in [2.05, 4.69) is 39.9 Å². The molecule has 18 heavy (non-hydrogen) atoms. The summed E-state index contributed by atoms with van der Waals surface area (Å²) < 4.78 is 2.31. The SMILES string of the molecule is CCn1cncc1C1C(CNC)CCN1C1CC1. The summed E-state index contributed by atoms with van der Waals surface area (Å²) in [5.74, 6) is 0.734. The third-order valence-corrected chi connectivity index (χ3v) is 4.43. The van der Waals surface area contributed by atoms with Crippen LogP contribution < -0.4 is 5.32 Å². The highest BCUT2D eigenvalue weighted by Crippen LogP contribution is 2.43. The molecular formula is C14H24N4. The Hall–Kier alpha value is -0.870. The third-order valence-electron chi connectivity index (χ3n) is 4.43. The van der Waals surface area contributed by atoms with Gasteiger partial charge in [0.25, 0.3) is 0 Å². The molecule has 0 radical (unpaired) electrons. The number of aromatic nitrogens is 2. The first-order valence-electron chi connectivity index (χ1n) is 7.25. The van der Waals surface area contributed by atoms with Crippen LogP contribution in [0.1, 0.15) is 37.9 Å². The van der Waals surface area contributed by atoms with E-state index in [-0.39, 0.29) is 0 Å². The summed E-state index contributed by atoms with van der Waals surface area (Å²) in [5, 5.41) is 3.36.